The molecule has 0 aliphatic heterocycles. The highest BCUT2D eigenvalue weighted by molar-refractivity contribution is 5.75. The van der Waals surface area contributed by atoms with Gasteiger partial charge in [-0.2, -0.15) is 0 Å². The maximum Gasteiger partial charge on any atom is 0.349 e. The molecular formula is C21H23NO6. The molecule has 0 aliphatic carbocycles. The molecule has 0 amide bonds. The molecule has 0 saturated heterocycles. The van der Waals surface area contributed by atoms with Gasteiger partial charge in [0.25, 0.3) is 0 Å². The Labute approximate surface area is 163 Å². The monoisotopic (exact) mass is 385 g/mol. The molecule has 0 aliphatic rings. The van der Waals surface area contributed by atoms with Crippen molar-refractivity contribution in [3.63, 3.8) is 0 Å². The summed E-state index contributed by atoms with van der Waals surface area (Å²) in [6.07, 6.45) is 2.14. The summed E-state index contributed by atoms with van der Waals surface area (Å²) in [5, 5.41) is 10.4. The summed E-state index contributed by atoms with van der Waals surface area (Å²) in [5.74, 6) is 0.912. The predicted molar refractivity (Wildman–Crippen MR) is 105 cm³/mol. The zero-order valence-electron chi connectivity index (χ0n) is 16.3. The van der Waals surface area contributed by atoms with Gasteiger partial charge in [-0.05, 0) is 53.8 Å². The lowest BCUT2D eigenvalue weighted by Gasteiger charge is -2.13. The van der Waals surface area contributed by atoms with Crippen LogP contribution < -0.4 is 14.2 Å². The molecule has 2 aromatic carbocycles. The third-order valence-electron chi connectivity index (χ3n) is 4.02. The second kappa shape index (κ2) is 9.55. The summed E-state index contributed by atoms with van der Waals surface area (Å²) in [6, 6.07) is 10.3. The number of ether oxygens (including phenoxy) is 3. The van der Waals surface area contributed by atoms with Crippen molar-refractivity contribution in [1.82, 2.24) is 0 Å². The van der Waals surface area contributed by atoms with Gasteiger partial charge >= 0.3 is 5.97 Å². The lowest BCUT2D eigenvalue weighted by Crippen LogP contribution is -2.18. The number of carbonyl (C=O) groups is 1. The van der Waals surface area contributed by atoms with Crippen LogP contribution in [0.3, 0.4) is 0 Å². The van der Waals surface area contributed by atoms with Crippen LogP contribution in [-0.2, 0) is 4.79 Å². The van der Waals surface area contributed by atoms with E-state index in [1.54, 1.807) is 6.07 Å². The molecule has 0 aromatic heterocycles. The van der Waals surface area contributed by atoms with E-state index >= 15 is 0 Å². The van der Waals surface area contributed by atoms with Crippen molar-refractivity contribution < 1.29 is 23.9 Å². The van der Waals surface area contributed by atoms with E-state index in [-0.39, 0.29) is 18.1 Å². The van der Waals surface area contributed by atoms with Crippen LogP contribution >= 0.6 is 0 Å². The molecule has 0 fully saturated rings. The summed E-state index contributed by atoms with van der Waals surface area (Å²) in [6.45, 7) is 5.98. The predicted octanol–water partition coefficient (Wildman–Crippen LogP) is 4.36. The Morgan fingerprint density at radius 3 is 2.54 bits per heavy atom. The van der Waals surface area contributed by atoms with Gasteiger partial charge in [-0.1, -0.05) is 26.0 Å². The van der Waals surface area contributed by atoms with E-state index < -0.39 is 10.9 Å². The average Bonchev–Trinajstić information content (AvgIpc) is 2.65. The molecule has 0 bridgehead atoms. The normalized spacial score (nSPS) is 10.9. The maximum absolute atomic E-state index is 12.1. The fourth-order valence-electron chi connectivity index (χ4n) is 2.70. The summed E-state index contributed by atoms with van der Waals surface area (Å²) in [5.41, 5.74) is 2.87. The Morgan fingerprint density at radius 1 is 1.18 bits per heavy atom. The minimum atomic E-state index is -0.586. The quantitative estimate of drug-likeness (QED) is 0.290. The number of nitrogens with zero attached hydrogens (tertiary/aromatic N) is 1. The molecular weight excluding hydrogens is 362 g/mol. The number of aryl methyl sites for hydroxylation is 1. The molecule has 0 radical (unpaired) electrons. The topological polar surface area (TPSA) is 87.9 Å². The Hall–Kier alpha value is -3.35. The van der Waals surface area contributed by atoms with E-state index in [0.717, 1.165) is 11.8 Å². The molecule has 0 spiro atoms. The lowest BCUT2D eigenvalue weighted by molar-refractivity contribution is -0.400. The van der Waals surface area contributed by atoms with Gasteiger partial charge in [0.15, 0.2) is 18.1 Å². The molecule has 7 nitrogen and oxygen atoms in total. The van der Waals surface area contributed by atoms with Gasteiger partial charge in [0, 0.05) is 6.08 Å². The van der Waals surface area contributed by atoms with Gasteiger partial charge in [0.05, 0.1) is 12.0 Å². The van der Waals surface area contributed by atoms with Crippen LogP contribution in [0.4, 0.5) is 0 Å². The van der Waals surface area contributed by atoms with Crippen LogP contribution in [0.2, 0.25) is 0 Å². The fraction of sp³-hybridized carbons (Fsp3) is 0.286. The van der Waals surface area contributed by atoms with Crippen LogP contribution in [0.25, 0.3) is 6.08 Å². The van der Waals surface area contributed by atoms with Crippen molar-refractivity contribution in [1.29, 1.82) is 0 Å². The van der Waals surface area contributed by atoms with Crippen molar-refractivity contribution in [2.24, 2.45) is 0 Å². The van der Waals surface area contributed by atoms with Crippen LogP contribution in [0.1, 0.15) is 36.5 Å². The largest absolute Gasteiger partial charge is 0.493 e. The van der Waals surface area contributed by atoms with Crippen molar-refractivity contribution in [2.75, 3.05) is 13.7 Å². The van der Waals surface area contributed by atoms with E-state index in [0.29, 0.717) is 17.2 Å². The Balaban J connectivity index is 2.01. The van der Waals surface area contributed by atoms with Gasteiger partial charge in [0.1, 0.15) is 5.75 Å². The highest BCUT2D eigenvalue weighted by atomic mass is 16.6. The van der Waals surface area contributed by atoms with Crippen LogP contribution in [0, 0.1) is 17.0 Å². The zero-order chi connectivity index (χ0) is 20.7. The second-order valence-electron chi connectivity index (χ2n) is 6.45. The summed E-state index contributed by atoms with van der Waals surface area (Å²) in [4.78, 5) is 22.0. The van der Waals surface area contributed by atoms with E-state index in [4.69, 9.17) is 14.2 Å². The molecule has 0 unspecified atom stereocenters. The number of benzene rings is 2. The minimum absolute atomic E-state index is 0.209. The van der Waals surface area contributed by atoms with E-state index in [1.165, 1.54) is 30.9 Å². The number of nitro groups is 1. The Morgan fingerprint density at radius 2 is 1.93 bits per heavy atom. The van der Waals surface area contributed by atoms with Crippen molar-refractivity contribution in [3.8, 4) is 17.2 Å². The zero-order valence-corrected chi connectivity index (χ0v) is 16.3. The molecule has 2 rings (SSSR count). The Bertz CT molecular complexity index is 888. The number of methoxy groups -OCH3 is 1. The lowest BCUT2D eigenvalue weighted by atomic mass is 9.98. The molecule has 2 aromatic rings. The number of hydrogen-bond donors (Lipinski definition) is 0. The highest BCUT2D eigenvalue weighted by Gasteiger charge is 2.12. The number of esters is 1. The van der Waals surface area contributed by atoms with Crippen LogP contribution in [-0.4, -0.2) is 24.6 Å². The SMILES string of the molecule is COc1cc(/C=C/[N+](=O)[O-])ccc1OC(=O)COc1ccc(C(C)C)c(C)c1. The molecule has 0 heterocycles. The number of rotatable bonds is 8. The molecule has 0 saturated carbocycles. The molecule has 148 valence electrons. The smallest absolute Gasteiger partial charge is 0.349 e. The third-order valence-corrected chi connectivity index (χ3v) is 4.02. The van der Waals surface area contributed by atoms with Gasteiger partial charge in [-0.25, -0.2) is 4.79 Å². The first-order chi connectivity index (χ1) is 13.3. The van der Waals surface area contributed by atoms with Gasteiger partial charge < -0.3 is 14.2 Å². The molecule has 0 N–H and O–H groups in total. The summed E-state index contributed by atoms with van der Waals surface area (Å²) >= 11 is 0. The molecule has 28 heavy (non-hydrogen) atoms. The fourth-order valence-corrected chi connectivity index (χ4v) is 2.70. The standard InChI is InChI=1S/C21H23NO6/c1-14(2)18-7-6-17(11-15(18)3)27-13-21(23)28-19-8-5-16(9-10-22(24)25)12-20(19)26-4/h5-12,14H,13H2,1-4H3/b10-9+. The minimum Gasteiger partial charge on any atom is -0.493 e. The van der Waals surface area contributed by atoms with E-state index in [2.05, 4.69) is 13.8 Å². The Kier molecular flexibility index (Phi) is 7.14. The van der Waals surface area contributed by atoms with Gasteiger partial charge in [-0.3, -0.25) is 10.1 Å². The number of carbonyl (C=O) groups excluding carboxylic acids is 1. The van der Waals surface area contributed by atoms with Crippen molar-refractivity contribution in [3.05, 3.63) is 69.4 Å². The first-order valence-electron chi connectivity index (χ1n) is 8.74. The average molecular weight is 385 g/mol. The van der Waals surface area contributed by atoms with E-state index in [1.807, 2.05) is 25.1 Å². The second-order valence-corrected chi connectivity index (χ2v) is 6.45. The maximum atomic E-state index is 12.1. The van der Waals surface area contributed by atoms with Gasteiger partial charge in [0.2, 0.25) is 6.20 Å². The van der Waals surface area contributed by atoms with Crippen molar-refractivity contribution in [2.45, 2.75) is 26.7 Å². The van der Waals surface area contributed by atoms with Crippen LogP contribution in [0.5, 0.6) is 17.2 Å². The summed E-state index contributed by atoms with van der Waals surface area (Å²) in [7, 11) is 1.42. The van der Waals surface area contributed by atoms with E-state index in [9.17, 15) is 14.9 Å². The summed E-state index contributed by atoms with van der Waals surface area (Å²) < 4.78 is 16.0. The molecule has 7 heteroatoms. The van der Waals surface area contributed by atoms with Crippen molar-refractivity contribution >= 4 is 12.0 Å². The van der Waals surface area contributed by atoms with Gasteiger partial charge in [-0.15, -0.1) is 0 Å². The highest BCUT2D eigenvalue weighted by Crippen LogP contribution is 2.29. The first kappa shape index (κ1) is 21.0. The first-order valence-corrected chi connectivity index (χ1v) is 8.74. The molecule has 0 atom stereocenters. The van der Waals surface area contributed by atoms with Crippen LogP contribution in [0.15, 0.2) is 42.6 Å². The third kappa shape index (κ3) is 5.84. The number of hydrogen-bond acceptors (Lipinski definition) is 6.